The molecule has 2 aliphatic rings. The van der Waals surface area contributed by atoms with Crippen LogP contribution in [0.5, 0.6) is 0 Å². The van der Waals surface area contributed by atoms with Crippen LogP contribution in [0.4, 0.5) is 0 Å². The maximum atomic E-state index is 12.6. The number of fused-ring (bicyclic) bond motifs is 1. The lowest BCUT2D eigenvalue weighted by Gasteiger charge is -2.44. The molecule has 5 heteroatoms. The third kappa shape index (κ3) is 2.14. The molecule has 3 rings (SSSR count). The maximum Gasteiger partial charge on any atom is 0.223 e. The molecule has 0 radical (unpaired) electrons. The van der Waals surface area contributed by atoms with E-state index < -0.39 is 17.6 Å². The average Bonchev–Trinajstić information content (AvgIpc) is 2.83. The van der Waals surface area contributed by atoms with Crippen LogP contribution in [0.2, 0.25) is 0 Å². The van der Waals surface area contributed by atoms with Crippen molar-refractivity contribution < 1.29 is 14.7 Å². The number of ketones is 1. The maximum absolute atomic E-state index is 12.6. The van der Waals surface area contributed by atoms with Gasteiger partial charge in [0.25, 0.3) is 0 Å². The number of rotatable bonds is 1. The lowest BCUT2D eigenvalue weighted by Crippen LogP contribution is -2.51. The highest BCUT2D eigenvalue weighted by Gasteiger charge is 2.50. The lowest BCUT2D eigenvalue weighted by molar-refractivity contribution is -0.134. The number of likely N-dealkylation sites (tertiary alicyclic amines) is 1. The zero-order valence-corrected chi connectivity index (χ0v) is 13.7. The highest BCUT2D eigenvalue weighted by molar-refractivity contribution is 9.10. The van der Waals surface area contributed by atoms with E-state index in [1.807, 2.05) is 12.1 Å². The van der Waals surface area contributed by atoms with Crippen LogP contribution in [-0.2, 0) is 4.79 Å². The summed E-state index contributed by atoms with van der Waals surface area (Å²) in [4.78, 5) is 26.5. The van der Waals surface area contributed by atoms with Crippen LogP contribution in [0.1, 0.15) is 48.7 Å². The summed E-state index contributed by atoms with van der Waals surface area (Å²) >= 11 is 3.41. The van der Waals surface area contributed by atoms with E-state index in [1.54, 1.807) is 24.8 Å². The third-order valence-electron chi connectivity index (χ3n) is 4.65. The van der Waals surface area contributed by atoms with Crippen molar-refractivity contribution in [3.63, 3.8) is 0 Å². The number of carbonyl (C=O) groups excluding carboxylic acids is 2. The Morgan fingerprint density at radius 2 is 2.05 bits per heavy atom. The predicted octanol–water partition coefficient (Wildman–Crippen LogP) is 2.70. The smallest absolute Gasteiger partial charge is 0.223 e. The van der Waals surface area contributed by atoms with Crippen LogP contribution in [0.3, 0.4) is 0 Å². The average molecular weight is 352 g/mol. The fourth-order valence-electron chi connectivity index (χ4n) is 3.33. The minimum atomic E-state index is -0.895. The van der Waals surface area contributed by atoms with Gasteiger partial charge in [0.1, 0.15) is 0 Å². The summed E-state index contributed by atoms with van der Waals surface area (Å²) in [6, 6.07) is 5.01. The van der Waals surface area contributed by atoms with Gasteiger partial charge < -0.3 is 10.0 Å². The molecule has 0 saturated carbocycles. The highest BCUT2D eigenvalue weighted by Crippen LogP contribution is 2.45. The molecular formula is C16H18BrNO3. The number of amides is 1. The number of nitrogens with zero attached hydrogens (tertiary/aromatic N) is 1. The van der Waals surface area contributed by atoms with Crippen molar-refractivity contribution in [1.29, 1.82) is 0 Å². The molecule has 1 saturated heterocycles. The van der Waals surface area contributed by atoms with Gasteiger partial charge in [-0.15, -0.1) is 0 Å². The van der Waals surface area contributed by atoms with Crippen molar-refractivity contribution in [3.8, 4) is 0 Å². The van der Waals surface area contributed by atoms with Gasteiger partial charge in [-0.05, 0) is 44.0 Å². The van der Waals surface area contributed by atoms with Crippen LogP contribution >= 0.6 is 15.9 Å². The van der Waals surface area contributed by atoms with E-state index >= 15 is 0 Å². The molecule has 1 aromatic rings. The van der Waals surface area contributed by atoms with Crippen molar-refractivity contribution in [3.05, 3.63) is 33.8 Å². The Labute approximate surface area is 132 Å². The lowest BCUT2D eigenvalue weighted by atomic mass is 9.68. The van der Waals surface area contributed by atoms with Gasteiger partial charge in [0, 0.05) is 23.0 Å². The molecular weight excluding hydrogens is 334 g/mol. The molecule has 0 bridgehead atoms. The van der Waals surface area contributed by atoms with E-state index in [0.717, 1.165) is 16.5 Å². The van der Waals surface area contributed by atoms with Gasteiger partial charge in [-0.2, -0.15) is 0 Å². The van der Waals surface area contributed by atoms with Crippen molar-refractivity contribution in [1.82, 2.24) is 4.90 Å². The van der Waals surface area contributed by atoms with Gasteiger partial charge >= 0.3 is 0 Å². The summed E-state index contributed by atoms with van der Waals surface area (Å²) in [5.41, 5.74) is 0.462. The SMILES string of the molecule is CC1(C)C(=O)c2ccc(Br)cc2[C@@H](N2CCCC2=O)[C@@H]1O. The van der Waals surface area contributed by atoms with Crippen LogP contribution < -0.4 is 0 Å². The number of Topliss-reactive ketones (excluding diaryl/α,β-unsaturated/α-hetero) is 1. The first kappa shape index (κ1) is 14.7. The number of carbonyl (C=O) groups is 2. The van der Waals surface area contributed by atoms with Gasteiger partial charge in [-0.25, -0.2) is 0 Å². The van der Waals surface area contributed by atoms with Crippen molar-refractivity contribution in [2.24, 2.45) is 5.41 Å². The zero-order valence-electron chi connectivity index (χ0n) is 12.1. The number of hydrogen-bond acceptors (Lipinski definition) is 3. The summed E-state index contributed by atoms with van der Waals surface area (Å²) in [5, 5.41) is 10.8. The second-order valence-electron chi connectivity index (χ2n) is 6.36. The Hall–Kier alpha value is -1.20. The molecule has 1 fully saturated rings. The quantitative estimate of drug-likeness (QED) is 0.846. The fourth-order valence-corrected chi connectivity index (χ4v) is 3.71. The Kier molecular flexibility index (Phi) is 3.45. The van der Waals surface area contributed by atoms with E-state index in [2.05, 4.69) is 15.9 Å². The minimum absolute atomic E-state index is 0.0510. The second-order valence-corrected chi connectivity index (χ2v) is 7.28. The normalized spacial score (nSPS) is 27.9. The summed E-state index contributed by atoms with van der Waals surface area (Å²) in [7, 11) is 0. The van der Waals surface area contributed by atoms with Crippen molar-refractivity contribution in [2.45, 2.75) is 38.8 Å². The van der Waals surface area contributed by atoms with E-state index in [1.165, 1.54) is 0 Å². The molecule has 2 atom stereocenters. The van der Waals surface area contributed by atoms with Crippen LogP contribution in [0.15, 0.2) is 22.7 Å². The Bertz CT molecular complexity index is 626. The molecule has 21 heavy (non-hydrogen) atoms. The minimum Gasteiger partial charge on any atom is -0.390 e. The van der Waals surface area contributed by atoms with E-state index in [9.17, 15) is 14.7 Å². The van der Waals surface area contributed by atoms with Crippen LogP contribution in [0.25, 0.3) is 0 Å². The molecule has 0 unspecified atom stereocenters. The summed E-state index contributed by atoms with van der Waals surface area (Å²) in [5.74, 6) is -0.0180. The van der Waals surface area contributed by atoms with E-state index in [0.29, 0.717) is 18.5 Å². The molecule has 0 aromatic heterocycles. The zero-order chi connectivity index (χ0) is 15.4. The number of aliphatic hydroxyl groups is 1. The number of aliphatic hydroxyl groups excluding tert-OH is 1. The summed E-state index contributed by atoms with van der Waals surface area (Å²) < 4.78 is 0.845. The highest BCUT2D eigenvalue weighted by atomic mass is 79.9. The molecule has 112 valence electrons. The van der Waals surface area contributed by atoms with Gasteiger partial charge in [0.2, 0.25) is 5.91 Å². The molecule has 1 amide bonds. The first-order chi connectivity index (χ1) is 9.84. The summed E-state index contributed by atoms with van der Waals surface area (Å²) in [6.07, 6.45) is 0.426. The molecule has 1 N–H and O–H groups in total. The standard InChI is InChI=1S/C16H18BrNO3/c1-16(2)14(20)10-6-5-9(17)8-11(10)13(15(16)21)18-7-3-4-12(18)19/h5-6,8,13,15,21H,3-4,7H2,1-2H3/t13-,15+/m1/s1. The van der Waals surface area contributed by atoms with Crippen molar-refractivity contribution in [2.75, 3.05) is 6.54 Å². The summed E-state index contributed by atoms with van der Waals surface area (Å²) in [6.45, 7) is 4.13. The van der Waals surface area contributed by atoms with E-state index in [4.69, 9.17) is 0 Å². The van der Waals surface area contributed by atoms with Crippen LogP contribution in [-0.4, -0.2) is 34.3 Å². The number of halogens is 1. The molecule has 1 aliphatic heterocycles. The Morgan fingerprint density at radius 3 is 2.67 bits per heavy atom. The van der Waals surface area contributed by atoms with Crippen LogP contribution in [0, 0.1) is 5.41 Å². The second kappa shape index (κ2) is 4.92. The van der Waals surface area contributed by atoms with Gasteiger partial charge in [0.15, 0.2) is 5.78 Å². The molecule has 0 spiro atoms. The monoisotopic (exact) mass is 351 g/mol. The fraction of sp³-hybridized carbons (Fsp3) is 0.500. The first-order valence-electron chi connectivity index (χ1n) is 7.16. The topological polar surface area (TPSA) is 57.6 Å². The van der Waals surface area contributed by atoms with E-state index in [-0.39, 0.29) is 11.7 Å². The molecule has 1 aromatic carbocycles. The molecule has 4 nitrogen and oxygen atoms in total. The van der Waals surface area contributed by atoms with Gasteiger partial charge in [-0.1, -0.05) is 15.9 Å². The predicted molar refractivity (Wildman–Crippen MR) is 81.9 cm³/mol. The van der Waals surface area contributed by atoms with Gasteiger partial charge in [0.05, 0.1) is 17.6 Å². The largest absolute Gasteiger partial charge is 0.390 e. The Balaban J connectivity index is 2.18. The molecule has 1 heterocycles. The molecule has 1 aliphatic carbocycles. The number of hydrogen-bond donors (Lipinski definition) is 1. The third-order valence-corrected chi connectivity index (χ3v) is 5.14. The Morgan fingerprint density at radius 1 is 1.33 bits per heavy atom. The van der Waals surface area contributed by atoms with Gasteiger partial charge in [-0.3, -0.25) is 9.59 Å². The van der Waals surface area contributed by atoms with Crippen molar-refractivity contribution >= 4 is 27.6 Å². The first-order valence-corrected chi connectivity index (χ1v) is 7.95. The number of benzene rings is 1.